The van der Waals surface area contributed by atoms with Gasteiger partial charge < -0.3 is 15.0 Å². The monoisotopic (exact) mass is 253 g/mol. The molecule has 1 N–H and O–H groups in total. The number of rotatable bonds is 8. The largest absolute Gasteiger partial charge is 0.383 e. The highest BCUT2D eigenvalue weighted by molar-refractivity contribution is 5.60. The average molecular weight is 253 g/mol. The number of hydrogen-bond donors (Lipinski definition) is 1. The van der Waals surface area contributed by atoms with Crippen LogP contribution >= 0.6 is 0 Å². The number of nitrogens with zero attached hydrogens (tertiary/aromatic N) is 2. The number of ether oxygens (including phenoxy) is 1. The van der Waals surface area contributed by atoms with Gasteiger partial charge in [0.2, 0.25) is 0 Å². The van der Waals surface area contributed by atoms with E-state index in [0.717, 1.165) is 13.1 Å². The molecule has 0 saturated heterocycles. The predicted molar refractivity (Wildman–Crippen MR) is 71.0 cm³/mol. The van der Waals surface area contributed by atoms with Gasteiger partial charge >= 0.3 is 0 Å². The van der Waals surface area contributed by atoms with Crippen LogP contribution in [-0.2, 0) is 4.74 Å². The van der Waals surface area contributed by atoms with Gasteiger partial charge in [-0.2, -0.15) is 0 Å². The molecule has 1 aromatic rings. The molecule has 1 rings (SSSR count). The molecule has 18 heavy (non-hydrogen) atoms. The molecule has 0 atom stereocenters. The quantitative estimate of drug-likeness (QED) is 0.563. The van der Waals surface area contributed by atoms with Crippen LogP contribution in [0, 0.1) is 10.1 Å². The Balaban J connectivity index is 2.41. The van der Waals surface area contributed by atoms with Crippen LogP contribution in [0.25, 0.3) is 0 Å². The maximum Gasteiger partial charge on any atom is 0.292 e. The summed E-state index contributed by atoms with van der Waals surface area (Å²) in [5.41, 5.74) is 0.666. The van der Waals surface area contributed by atoms with Gasteiger partial charge in [0.15, 0.2) is 0 Å². The number of likely N-dealkylation sites (N-methyl/N-ethyl adjacent to an activating group) is 1. The van der Waals surface area contributed by atoms with Crippen LogP contribution in [0.15, 0.2) is 24.3 Å². The molecule has 0 aliphatic carbocycles. The summed E-state index contributed by atoms with van der Waals surface area (Å²) in [6.45, 7) is 2.98. The molecule has 1 aromatic carbocycles. The summed E-state index contributed by atoms with van der Waals surface area (Å²) in [7, 11) is 3.65. The molecule has 0 aliphatic rings. The average Bonchev–Trinajstić information content (AvgIpc) is 2.36. The molecule has 0 aromatic heterocycles. The summed E-state index contributed by atoms with van der Waals surface area (Å²) in [6.07, 6.45) is 0. The molecule has 0 spiro atoms. The van der Waals surface area contributed by atoms with E-state index in [4.69, 9.17) is 4.74 Å². The lowest BCUT2D eigenvalue weighted by Crippen LogP contribution is -2.28. The number of nitrogens with one attached hydrogen (secondary N) is 1. The van der Waals surface area contributed by atoms with E-state index >= 15 is 0 Å². The molecule has 0 bridgehead atoms. The minimum absolute atomic E-state index is 0.108. The summed E-state index contributed by atoms with van der Waals surface area (Å²) in [4.78, 5) is 12.5. The fourth-order valence-corrected chi connectivity index (χ4v) is 1.52. The van der Waals surface area contributed by atoms with Gasteiger partial charge in [0.05, 0.1) is 11.5 Å². The van der Waals surface area contributed by atoms with Crippen molar-refractivity contribution in [3.63, 3.8) is 0 Å². The van der Waals surface area contributed by atoms with Crippen molar-refractivity contribution in [2.75, 3.05) is 45.7 Å². The first kappa shape index (κ1) is 14.4. The summed E-state index contributed by atoms with van der Waals surface area (Å²) in [5, 5.41) is 13.9. The lowest BCUT2D eigenvalue weighted by atomic mass is 10.2. The van der Waals surface area contributed by atoms with E-state index in [-0.39, 0.29) is 10.6 Å². The van der Waals surface area contributed by atoms with E-state index in [2.05, 4.69) is 10.2 Å². The second-order valence-electron chi connectivity index (χ2n) is 4.00. The SMILES string of the molecule is COCCN(C)CCNc1ccccc1[N+](=O)[O-]. The number of anilines is 1. The van der Waals surface area contributed by atoms with E-state index < -0.39 is 0 Å². The van der Waals surface area contributed by atoms with Gasteiger partial charge in [0.25, 0.3) is 5.69 Å². The highest BCUT2D eigenvalue weighted by Gasteiger charge is 2.11. The van der Waals surface area contributed by atoms with Crippen LogP contribution in [0.5, 0.6) is 0 Å². The third-order valence-electron chi connectivity index (χ3n) is 2.59. The predicted octanol–water partition coefficient (Wildman–Crippen LogP) is 1.58. The second-order valence-corrected chi connectivity index (χ2v) is 4.00. The van der Waals surface area contributed by atoms with Crippen molar-refractivity contribution in [3.8, 4) is 0 Å². The fourth-order valence-electron chi connectivity index (χ4n) is 1.52. The zero-order valence-electron chi connectivity index (χ0n) is 10.8. The number of benzene rings is 1. The first-order valence-electron chi connectivity index (χ1n) is 5.80. The van der Waals surface area contributed by atoms with Crippen molar-refractivity contribution in [2.24, 2.45) is 0 Å². The van der Waals surface area contributed by atoms with E-state index in [1.165, 1.54) is 6.07 Å². The van der Waals surface area contributed by atoms with Gasteiger partial charge in [-0.05, 0) is 13.1 Å². The highest BCUT2D eigenvalue weighted by Crippen LogP contribution is 2.22. The van der Waals surface area contributed by atoms with Crippen molar-refractivity contribution >= 4 is 11.4 Å². The van der Waals surface area contributed by atoms with E-state index in [9.17, 15) is 10.1 Å². The van der Waals surface area contributed by atoms with Crippen LogP contribution in [0.4, 0.5) is 11.4 Å². The van der Waals surface area contributed by atoms with Crippen LogP contribution in [0.1, 0.15) is 0 Å². The number of nitro benzene ring substituents is 1. The van der Waals surface area contributed by atoms with Crippen molar-refractivity contribution in [1.82, 2.24) is 4.90 Å². The number of methoxy groups -OCH3 is 1. The van der Waals surface area contributed by atoms with Crippen molar-refractivity contribution in [2.45, 2.75) is 0 Å². The standard InChI is InChI=1S/C12H19N3O3/c1-14(9-10-18-2)8-7-13-11-5-3-4-6-12(11)15(16)17/h3-6,13H,7-10H2,1-2H3. The molecular weight excluding hydrogens is 234 g/mol. The van der Waals surface area contributed by atoms with E-state index in [1.807, 2.05) is 7.05 Å². The molecule has 6 nitrogen and oxygen atoms in total. The molecular formula is C12H19N3O3. The lowest BCUT2D eigenvalue weighted by Gasteiger charge is -2.16. The maximum atomic E-state index is 10.8. The van der Waals surface area contributed by atoms with Crippen LogP contribution in [-0.4, -0.2) is 50.2 Å². The number of nitro groups is 1. The maximum absolute atomic E-state index is 10.8. The minimum Gasteiger partial charge on any atom is -0.383 e. The molecule has 0 fully saturated rings. The fraction of sp³-hybridized carbons (Fsp3) is 0.500. The van der Waals surface area contributed by atoms with Crippen LogP contribution < -0.4 is 5.32 Å². The Bertz CT molecular complexity index is 385. The van der Waals surface area contributed by atoms with E-state index in [1.54, 1.807) is 25.3 Å². The molecule has 0 heterocycles. The molecule has 0 unspecified atom stereocenters. The summed E-state index contributed by atoms with van der Waals surface area (Å²) in [5.74, 6) is 0. The molecule has 0 saturated carbocycles. The summed E-state index contributed by atoms with van der Waals surface area (Å²) < 4.78 is 4.98. The van der Waals surface area contributed by atoms with Crippen molar-refractivity contribution in [3.05, 3.63) is 34.4 Å². The van der Waals surface area contributed by atoms with Crippen molar-refractivity contribution < 1.29 is 9.66 Å². The first-order chi connectivity index (χ1) is 8.65. The Morgan fingerprint density at radius 2 is 2.11 bits per heavy atom. The number of para-hydroxylation sites is 2. The lowest BCUT2D eigenvalue weighted by molar-refractivity contribution is -0.384. The molecule has 100 valence electrons. The normalized spacial score (nSPS) is 10.6. The van der Waals surface area contributed by atoms with Crippen LogP contribution in [0.2, 0.25) is 0 Å². The van der Waals surface area contributed by atoms with E-state index in [0.29, 0.717) is 18.8 Å². The Morgan fingerprint density at radius 3 is 2.78 bits per heavy atom. The third kappa shape index (κ3) is 4.68. The van der Waals surface area contributed by atoms with Crippen LogP contribution in [0.3, 0.4) is 0 Å². The Morgan fingerprint density at radius 1 is 1.39 bits per heavy atom. The third-order valence-corrected chi connectivity index (χ3v) is 2.59. The Labute approximate surface area is 107 Å². The van der Waals surface area contributed by atoms with Gasteiger partial charge in [-0.25, -0.2) is 0 Å². The smallest absolute Gasteiger partial charge is 0.292 e. The molecule has 0 amide bonds. The van der Waals surface area contributed by atoms with Crippen molar-refractivity contribution in [1.29, 1.82) is 0 Å². The minimum atomic E-state index is -0.378. The zero-order valence-corrected chi connectivity index (χ0v) is 10.8. The highest BCUT2D eigenvalue weighted by atomic mass is 16.6. The second kappa shape index (κ2) is 7.62. The van der Waals surface area contributed by atoms with Gasteiger partial charge in [0.1, 0.15) is 5.69 Å². The Hall–Kier alpha value is -1.66. The first-order valence-corrected chi connectivity index (χ1v) is 5.80. The summed E-state index contributed by atoms with van der Waals surface area (Å²) in [6, 6.07) is 6.66. The summed E-state index contributed by atoms with van der Waals surface area (Å²) >= 11 is 0. The zero-order chi connectivity index (χ0) is 13.4. The van der Waals surface area contributed by atoms with Gasteiger partial charge in [-0.15, -0.1) is 0 Å². The topological polar surface area (TPSA) is 67.6 Å². The van der Waals surface area contributed by atoms with Gasteiger partial charge in [-0.1, -0.05) is 12.1 Å². The molecule has 6 heteroatoms. The van der Waals surface area contributed by atoms with Gasteiger partial charge in [-0.3, -0.25) is 10.1 Å². The molecule has 0 aliphatic heterocycles. The van der Waals surface area contributed by atoms with Gasteiger partial charge in [0, 0.05) is 32.8 Å². The Kier molecular flexibility index (Phi) is 6.10. The molecule has 0 radical (unpaired) electrons. The number of hydrogen-bond acceptors (Lipinski definition) is 5.